The third kappa shape index (κ3) is 3.43. The predicted molar refractivity (Wildman–Crippen MR) is 87.1 cm³/mol. The van der Waals surface area contributed by atoms with Crippen molar-refractivity contribution in [2.45, 2.75) is 45.1 Å². The number of benzene rings is 1. The number of nitrogen functional groups attached to an aromatic ring is 1. The molecule has 0 amide bonds. The van der Waals surface area contributed by atoms with E-state index in [1.807, 2.05) is 0 Å². The number of hydrogen-bond donors (Lipinski definition) is 1. The number of rotatable bonds is 4. The van der Waals surface area contributed by atoms with Gasteiger partial charge in [0.1, 0.15) is 0 Å². The van der Waals surface area contributed by atoms with Crippen LogP contribution in [0.3, 0.4) is 0 Å². The minimum Gasteiger partial charge on any atom is -0.465 e. The molecule has 0 aromatic heterocycles. The van der Waals surface area contributed by atoms with Gasteiger partial charge in [0.15, 0.2) is 0 Å². The Bertz CT molecular complexity index is 517. The summed E-state index contributed by atoms with van der Waals surface area (Å²) < 4.78 is 4.89. The van der Waals surface area contributed by atoms with Crippen LogP contribution in [0, 0.1) is 0 Å². The summed E-state index contributed by atoms with van der Waals surface area (Å²) in [5, 5.41) is 0.526. The number of methoxy groups -OCH3 is 1. The smallest absolute Gasteiger partial charge is 0.340 e. The molecule has 4 nitrogen and oxygen atoms in total. The molecular weight excluding hydrogens is 288 g/mol. The van der Waals surface area contributed by atoms with Gasteiger partial charge in [0.05, 0.1) is 23.4 Å². The van der Waals surface area contributed by atoms with E-state index in [2.05, 4.69) is 11.8 Å². The largest absolute Gasteiger partial charge is 0.465 e. The Morgan fingerprint density at radius 2 is 2.24 bits per heavy atom. The molecule has 1 aromatic rings. The lowest BCUT2D eigenvalue weighted by atomic mass is 9.96. The van der Waals surface area contributed by atoms with Gasteiger partial charge in [-0.05, 0) is 37.8 Å². The summed E-state index contributed by atoms with van der Waals surface area (Å²) >= 11 is 6.41. The lowest BCUT2D eigenvalue weighted by molar-refractivity contribution is 0.0601. The summed E-state index contributed by atoms with van der Waals surface area (Å²) in [5.74, 6) is -0.389. The number of carbonyl (C=O) groups excluding carboxylic acids is 1. The Morgan fingerprint density at radius 1 is 1.48 bits per heavy atom. The molecule has 0 saturated carbocycles. The monoisotopic (exact) mass is 310 g/mol. The van der Waals surface area contributed by atoms with Gasteiger partial charge >= 0.3 is 5.97 Å². The summed E-state index contributed by atoms with van der Waals surface area (Å²) in [6, 6.07) is 3.79. The van der Waals surface area contributed by atoms with Gasteiger partial charge in [-0.15, -0.1) is 0 Å². The fourth-order valence-electron chi connectivity index (χ4n) is 3.11. The average molecular weight is 311 g/mol. The summed E-state index contributed by atoms with van der Waals surface area (Å²) in [7, 11) is 1.38. The van der Waals surface area contributed by atoms with Crippen LogP contribution < -0.4 is 10.6 Å². The van der Waals surface area contributed by atoms with Crippen molar-refractivity contribution in [1.82, 2.24) is 0 Å². The lowest BCUT2D eigenvalue weighted by Crippen LogP contribution is -2.40. The van der Waals surface area contributed by atoms with Crippen LogP contribution >= 0.6 is 11.6 Å². The van der Waals surface area contributed by atoms with Crippen LogP contribution in [0.4, 0.5) is 11.4 Å². The molecule has 1 atom stereocenters. The van der Waals surface area contributed by atoms with Crippen molar-refractivity contribution in [2.75, 3.05) is 24.3 Å². The molecule has 116 valence electrons. The van der Waals surface area contributed by atoms with Crippen LogP contribution in [0.25, 0.3) is 0 Å². The normalized spacial score (nSPS) is 18.6. The quantitative estimate of drug-likeness (QED) is 0.677. The SMILES string of the molecule is CCCC1CCCCN1c1c(Cl)cc(N)cc1C(=O)OC. The fraction of sp³-hybridized carbons (Fsp3) is 0.562. The number of halogens is 1. The first kappa shape index (κ1) is 16.0. The van der Waals surface area contributed by atoms with Crippen molar-refractivity contribution in [3.8, 4) is 0 Å². The fourth-order valence-corrected chi connectivity index (χ4v) is 3.44. The van der Waals surface area contributed by atoms with E-state index < -0.39 is 0 Å². The van der Waals surface area contributed by atoms with Gasteiger partial charge in [0, 0.05) is 18.3 Å². The molecule has 1 fully saturated rings. The highest BCUT2D eigenvalue weighted by Gasteiger charge is 2.28. The van der Waals surface area contributed by atoms with Gasteiger partial charge in [0.25, 0.3) is 0 Å². The highest BCUT2D eigenvalue weighted by atomic mass is 35.5. The molecule has 1 saturated heterocycles. The number of hydrogen-bond acceptors (Lipinski definition) is 4. The third-order valence-electron chi connectivity index (χ3n) is 4.03. The molecular formula is C16H23ClN2O2. The van der Waals surface area contributed by atoms with Crippen molar-refractivity contribution in [2.24, 2.45) is 0 Å². The molecule has 21 heavy (non-hydrogen) atoms. The Kier molecular flexibility index (Phi) is 5.34. The second kappa shape index (κ2) is 7.03. The number of piperidine rings is 1. The first-order valence-electron chi connectivity index (χ1n) is 7.52. The van der Waals surface area contributed by atoms with E-state index in [9.17, 15) is 4.79 Å². The van der Waals surface area contributed by atoms with E-state index in [1.165, 1.54) is 13.5 Å². The number of ether oxygens (including phenoxy) is 1. The first-order valence-corrected chi connectivity index (χ1v) is 7.90. The third-order valence-corrected chi connectivity index (χ3v) is 4.32. The van der Waals surface area contributed by atoms with Crippen molar-refractivity contribution in [3.05, 3.63) is 22.7 Å². The molecule has 0 spiro atoms. The van der Waals surface area contributed by atoms with Gasteiger partial charge in [-0.25, -0.2) is 4.79 Å². The maximum atomic E-state index is 12.1. The van der Waals surface area contributed by atoms with Gasteiger partial charge < -0.3 is 15.4 Å². The topological polar surface area (TPSA) is 55.6 Å². The van der Waals surface area contributed by atoms with E-state index in [0.717, 1.165) is 37.9 Å². The second-order valence-corrected chi connectivity index (χ2v) is 5.93. The zero-order valence-electron chi connectivity index (χ0n) is 12.7. The zero-order chi connectivity index (χ0) is 15.4. The van der Waals surface area contributed by atoms with Gasteiger partial charge in [-0.2, -0.15) is 0 Å². The Hall–Kier alpha value is -1.42. The van der Waals surface area contributed by atoms with E-state index in [0.29, 0.717) is 22.3 Å². The molecule has 1 aliphatic rings. The highest BCUT2D eigenvalue weighted by Crippen LogP contribution is 2.37. The minimum absolute atomic E-state index is 0.389. The number of anilines is 2. The maximum Gasteiger partial charge on any atom is 0.340 e. The van der Waals surface area contributed by atoms with Crippen LogP contribution in [-0.4, -0.2) is 25.7 Å². The molecule has 1 aromatic carbocycles. The second-order valence-electron chi connectivity index (χ2n) is 5.52. The van der Waals surface area contributed by atoms with Crippen LogP contribution in [0.15, 0.2) is 12.1 Å². The molecule has 5 heteroatoms. The highest BCUT2D eigenvalue weighted by molar-refractivity contribution is 6.34. The summed E-state index contributed by atoms with van der Waals surface area (Å²) in [6.45, 7) is 3.09. The number of carbonyl (C=O) groups is 1. The standard InChI is InChI=1S/C16H23ClN2O2/c1-3-6-12-7-4-5-8-19(12)15-13(16(20)21-2)9-11(18)10-14(15)17/h9-10,12H,3-8,18H2,1-2H3. The Morgan fingerprint density at radius 3 is 2.90 bits per heavy atom. The number of esters is 1. The van der Waals surface area contributed by atoms with E-state index in [4.69, 9.17) is 22.1 Å². The Labute approximate surface area is 131 Å². The van der Waals surface area contributed by atoms with E-state index in [-0.39, 0.29) is 5.97 Å². The predicted octanol–water partition coefficient (Wildman–Crippen LogP) is 3.87. The number of nitrogens with two attached hydrogens (primary N) is 1. The molecule has 1 heterocycles. The first-order chi connectivity index (χ1) is 10.1. The maximum absolute atomic E-state index is 12.1. The van der Waals surface area contributed by atoms with Crippen LogP contribution in [0.5, 0.6) is 0 Å². The van der Waals surface area contributed by atoms with E-state index >= 15 is 0 Å². The molecule has 0 radical (unpaired) electrons. The molecule has 2 N–H and O–H groups in total. The van der Waals surface area contributed by atoms with Crippen molar-refractivity contribution in [1.29, 1.82) is 0 Å². The van der Waals surface area contributed by atoms with Crippen molar-refractivity contribution < 1.29 is 9.53 Å². The molecule has 0 aliphatic carbocycles. The molecule has 1 unspecified atom stereocenters. The molecule has 0 bridgehead atoms. The Balaban J connectivity index is 2.47. The average Bonchev–Trinajstić information content (AvgIpc) is 2.47. The summed E-state index contributed by atoms with van der Waals surface area (Å²) in [4.78, 5) is 14.3. The number of nitrogens with zero attached hydrogens (tertiary/aromatic N) is 1. The summed E-state index contributed by atoms with van der Waals surface area (Å²) in [5.41, 5.74) is 7.55. The van der Waals surface area contributed by atoms with Crippen molar-refractivity contribution in [3.63, 3.8) is 0 Å². The van der Waals surface area contributed by atoms with E-state index in [1.54, 1.807) is 12.1 Å². The van der Waals surface area contributed by atoms with Crippen LogP contribution in [0.1, 0.15) is 49.4 Å². The van der Waals surface area contributed by atoms with Gasteiger partial charge in [-0.1, -0.05) is 24.9 Å². The van der Waals surface area contributed by atoms with Gasteiger partial charge in [0.2, 0.25) is 0 Å². The van der Waals surface area contributed by atoms with Crippen LogP contribution in [-0.2, 0) is 4.74 Å². The van der Waals surface area contributed by atoms with Crippen molar-refractivity contribution >= 4 is 28.9 Å². The van der Waals surface area contributed by atoms with Gasteiger partial charge in [-0.3, -0.25) is 0 Å². The lowest BCUT2D eigenvalue weighted by Gasteiger charge is -2.39. The molecule has 2 rings (SSSR count). The molecule has 1 aliphatic heterocycles. The zero-order valence-corrected chi connectivity index (χ0v) is 13.4. The summed E-state index contributed by atoms with van der Waals surface area (Å²) in [6.07, 6.45) is 5.68. The minimum atomic E-state index is -0.389. The van der Waals surface area contributed by atoms with Crippen LogP contribution in [0.2, 0.25) is 5.02 Å².